The molecule has 6 heteroatoms. The van der Waals surface area contributed by atoms with E-state index in [0.29, 0.717) is 16.5 Å². The molecule has 1 N–H and O–H groups in total. The maximum absolute atomic E-state index is 13.0. The number of nitrogens with zero attached hydrogens (tertiary/aromatic N) is 1. The van der Waals surface area contributed by atoms with Crippen LogP contribution in [0.4, 0.5) is 0 Å². The monoisotopic (exact) mass is 355 g/mol. The zero-order valence-corrected chi connectivity index (χ0v) is 14.3. The highest BCUT2D eigenvalue weighted by Gasteiger charge is 2.26. The van der Waals surface area contributed by atoms with Gasteiger partial charge in [0.05, 0.1) is 16.1 Å². The van der Waals surface area contributed by atoms with E-state index in [-0.39, 0.29) is 21.9 Å². The Morgan fingerprint density at radius 1 is 1.04 bits per heavy atom. The molecule has 0 aliphatic carbocycles. The summed E-state index contributed by atoms with van der Waals surface area (Å²) in [5.74, 6) is -1.62. The van der Waals surface area contributed by atoms with E-state index in [9.17, 15) is 19.5 Å². The Morgan fingerprint density at radius 2 is 1.72 bits per heavy atom. The molecule has 0 radical (unpaired) electrons. The minimum absolute atomic E-state index is 0.0543. The Balaban J connectivity index is 2.37. The molecule has 0 unspecified atom stereocenters. The van der Waals surface area contributed by atoms with Gasteiger partial charge in [-0.2, -0.15) is 0 Å². The highest BCUT2D eigenvalue weighted by molar-refractivity contribution is 6.36. The summed E-state index contributed by atoms with van der Waals surface area (Å²) in [6, 6.07) is 11.0. The molecule has 0 bridgehead atoms. The minimum atomic E-state index is -0.520. The fourth-order valence-corrected chi connectivity index (χ4v) is 3.04. The Kier molecular flexibility index (Phi) is 4.18. The van der Waals surface area contributed by atoms with E-state index in [1.165, 1.54) is 32.0 Å². The Bertz CT molecular complexity index is 1050. The van der Waals surface area contributed by atoms with Gasteiger partial charge in [0.15, 0.2) is 5.78 Å². The summed E-state index contributed by atoms with van der Waals surface area (Å²) >= 11 is 6.09. The van der Waals surface area contributed by atoms with Crippen LogP contribution in [0.3, 0.4) is 0 Å². The SMILES string of the molecule is CC(=O)c1ccc2c(c1)c(C(=O)c1ccccc1Cl)c(O)n2C(C)=O. The van der Waals surface area contributed by atoms with Gasteiger partial charge in [0.2, 0.25) is 17.6 Å². The van der Waals surface area contributed by atoms with Crippen molar-refractivity contribution in [1.82, 2.24) is 4.57 Å². The van der Waals surface area contributed by atoms with Crippen molar-refractivity contribution < 1.29 is 19.5 Å². The van der Waals surface area contributed by atoms with Gasteiger partial charge in [-0.15, -0.1) is 0 Å². The number of aromatic nitrogens is 1. The first-order valence-corrected chi connectivity index (χ1v) is 7.89. The molecule has 0 aliphatic rings. The van der Waals surface area contributed by atoms with Crippen molar-refractivity contribution in [3.05, 3.63) is 64.2 Å². The van der Waals surface area contributed by atoms with Crippen molar-refractivity contribution in [2.75, 3.05) is 0 Å². The number of fused-ring (bicyclic) bond motifs is 1. The number of carbonyl (C=O) groups excluding carboxylic acids is 3. The number of hydrogen-bond acceptors (Lipinski definition) is 4. The molecule has 0 atom stereocenters. The van der Waals surface area contributed by atoms with Crippen LogP contribution in [-0.4, -0.2) is 27.1 Å². The Morgan fingerprint density at radius 3 is 2.32 bits per heavy atom. The maximum atomic E-state index is 13.0. The van der Waals surface area contributed by atoms with E-state index >= 15 is 0 Å². The van der Waals surface area contributed by atoms with Gasteiger partial charge in [0, 0.05) is 23.4 Å². The molecule has 3 aromatic rings. The standard InChI is InChI=1S/C19H14ClNO4/c1-10(22)12-7-8-16-14(9-12)17(19(25)21(16)11(2)23)18(24)13-5-3-4-6-15(13)20/h3-9,25H,1-2H3. The normalized spacial score (nSPS) is 10.8. The zero-order valence-electron chi connectivity index (χ0n) is 13.5. The summed E-state index contributed by atoms with van der Waals surface area (Å²) in [6.45, 7) is 2.68. The fourth-order valence-electron chi connectivity index (χ4n) is 2.82. The smallest absolute Gasteiger partial charge is 0.230 e. The number of benzene rings is 2. The minimum Gasteiger partial charge on any atom is -0.494 e. The lowest BCUT2D eigenvalue weighted by Crippen LogP contribution is -2.06. The quantitative estimate of drug-likeness (QED) is 0.718. The van der Waals surface area contributed by atoms with Gasteiger partial charge in [0.1, 0.15) is 0 Å². The van der Waals surface area contributed by atoms with E-state index in [0.717, 1.165) is 4.57 Å². The van der Waals surface area contributed by atoms with Gasteiger partial charge in [-0.3, -0.25) is 19.0 Å². The number of rotatable bonds is 3. The van der Waals surface area contributed by atoms with Gasteiger partial charge < -0.3 is 5.11 Å². The first-order chi connectivity index (χ1) is 11.8. The number of aromatic hydroxyl groups is 1. The summed E-state index contributed by atoms with van der Waals surface area (Å²) in [5.41, 5.74) is 0.878. The van der Waals surface area contributed by atoms with E-state index in [4.69, 9.17) is 11.6 Å². The van der Waals surface area contributed by atoms with Crippen LogP contribution in [0.15, 0.2) is 42.5 Å². The summed E-state index contributed by atoms with van der Waals surface area (Å²) < 4.78 is 1.04. The van der Waals surface area contributed by atoms with Gasteiger partial charge in [-0.05, 0) is 37.3 Å². The molecule has 0 spiro atoms. The van der Waals surface area contributed by atoms with Gasteiger partial charge in [-0.1, -0.05) is 23.7 Å². The first-order valence-electron chi connectivity index (χ1n) is 7.51. The van der Waals surface area contributed by atoms with Crippen LogP contribution in [0.25, 0.3) is 10.9 Å². The maximum Gasteiger partial charge on any atom is 0.230 e. The lowest BCUT2D eigenvalue weighted by Gasteiger charge is -2.04. The van der Waals surface area contributed by atoms with E-state index in [2.05, 4.69) is 0 Å². The average Bonchev–Trinajstić information content (AvgIpc) is 2.85. The largest absolute Gasteiger partial charge is 0.494 e. The van der Waals surface area contributed by atoms with Crippen molar-refractivity contribution in [3.8, 4) is 5.88 Å². The average molecular weight is 356 g/mol. The van der Waals surface area contributed by atoms with Crippen molar-refractivity contribution in [2.24, 2.45) is 0 Å². The molecule has 2 aromatic carbocycles. The lowest BCUT2D eigenvalue weighted by atomic mass is 10.00. The third-order valence-corrected chi connectivity index (χ3v) is 4.34. The summed E-state index contributed by atoms with van der Waals surface area (Å²) in [5, 5.41) is 11.1. The van der Waals surface area contributed by atoms with Crippen molar-refractivity contribution >= 4 is 40.0 Å². The van der Waals surface area contributed by atoms with Crippen molar-refractivity contribution in [2.45, 2.75) is 13.8 Å². The predicted molar refractivity (Wildman–Crippen MR) is 94.8 cm³/mol. The molecular weight excluding hydrogens is 342 g/mol. The molecule has 0 aliphatic heterocycles. The third kappa shape index (κ3) is 2.72. The molecule has 0 fully saturated rings. The highest BCUT2D eigenvalue weighted by Crippen LogP contribution is 2.35. The first kappa shape index (κ1) is 16.9. The molecule has 0 amide bonds. The predicted octanol–water partition coefficient (Wildman–Crippen LogP) is 4.09. The van der Waals surface area contributed by atoms with Crippen LogP contribution < -0.4 is 0 Å². The second-order valence-corrected chi connectivity index (χ2v) is 6.06. The molecule has 3 rings (SSSR count). The van der Waals surface area contributed by atoms with Crippen LogP contribution in [0.1, 0.15) is 44.9 Å². The van der Waals surface area contributed by atoms with Gasteiger partial charge >= 0.3 is 0 Å². The molecule has 1 aromatic heterocycles. The number of Topliss-reactive ketones (excluding diaryl/α,β-unsaturated/α-hetero) is 1. The third-order valence-electron chi connectivity index (χ3n) is 4.01. The fraction of sp³-hybridized carbons (Fsp3) is 0.105. The van der Waals surface area contributed by atoms with E-state index < -0.39 is 17.6 Å². The summed E-state index contributed by atoms with van der Waals surface area (Å²) in [7, 11) is 0. The molecule has 1 heterocycles. The van der Waals surface area contributed by atoms with Gasteiger partial charge in [-0.25, -0.2) is 0 Å². The Labute approximate surface area is 148 Å². The number of ketones is 2. The molecule has 0 saturated carbocycles. The second kappa shape index (κ2) is 6.18. The summed E-state index contributed by atoms with van der Waals surface area (Å²) in [4.78, 5) is 36.6. The summed E-state index contributed by atoms with van der Waals surface area (Å²) in [6.07, 6.45) is 0. The Hall–Kier alpha value is -2.92. The molecule has 5 nitrogen and oxygen atoms in total. The lowest BCUT2D eigenvalue weighted by molar-refractivity contribution is 0.0932. The molecule has 25 heavy (non-hydrogen) atoms. The number of halogens is 1. The van der Waals surface area contributed by atoms with Crippen molar-refractivity contribution in [3.63, 3.8) is 0 Å². The highest BCUT2D eigenvalue weighted by atomic mass is 35.5. The van der Waals surface area contributed by atoms with Gasteiger partial charge in [0.25, 0.3) is 0 Å². The molecule has 0 saturated heterocycles. The van der Waals surface area contributed by atoms with Crippen LogP contribution in [0, 0.1) is 0 Å². The second-order valence-electron chi connectivity index (χ2n) is 5.65. The van der Waals surface area contributed by atoms with Crippen LogP contribution in [-0.2, 0) is 0 Å². The van der Waals surface area contributed by atoms with Crippen LogP contribution in [0.2, 0.25) is 5.02 Å². The van der Waals surface area contributed by atoms with Crippen LogP contribution in [0.5, 0.6) is 5.88 Å². The van der Waals surface area contributed by atoms with E-state index in [1.807, 2.05) is 0 Å². The topological polar surface area (TPSA) is 76.4 Å². The zero-order chi connectivity index (χ0) is 18.3. The van der Waals surface area contributed by atoms with Crippen molar-refractivity contribution in [1.29, 1.82) is 0 Å². The van der Waals surface area contributed by atoms with E-state index in [1.54, 1.807) is 24.3 Å². The molecular formula is C19H14ClNO4. The van der Waals surface area contributed by atoms with Crippen LogP contribution >= 0.6 is 11.6 Å². The number of carbonyl (C=O) groups is 3. The molecule has 126 valence electrons. The number of hydrogen-bond donors (Lipinski definition) is 1.